The molecule has 0 heterocycles. The molecule has 0 unspecified atom stereocenters. The van der Waals surface area contributed by atoms with Crippen molar-refractivity contribution in [3.63, 3.8) is 0 Å². The Morgan fingerprint density at radius 2 is 1.28 bits per heavy atom. The molecule has 4 heteroatoms. The first-order chi connectivity index (χ1) is 14.2. The molecular formula is C25H23N3S. The minimum absolute atomic E-state index is 0.159. The predicted octanol–water partition coefficient (Wildman–Crippen LogP) is 5.57. The van der Waals surface area contributed by atoms with Gasteiger partial charge in [0.05, 0.1) is 12.1 Å². The van der Waals surface area contributed by atoms with Gasteiger partial charge in [0.15, 0.2) is 5.11 Å². The summed E-state index contributed by atoms with van der Waals surface area (Å²) in [6, 6.07) is 34.3. The van der Waals surface area contributed by atoms with E-state index in [1.54, 1.807) is 0 Å². The average Bonchev–Trinajstić information content (AvgIpc) is 2.78. The van der Waals surface area contributed by atoms with Gasteiger partial charge in [0, 0.05) is 11.1 Å². The van der Waals surface area contributed by atoms with Gasteiger partial charge in [-0.2, -0.15) is 0 Å². The molecule has 0 aliphatic heterocycles. The van der Waals surface area contributed by atoms with Crippen molar-refractivity contribution >= 4 is 33.8 Å². The third kappa shape index (κ3) is 4.45. The van der Waals surface area contributed by atoms with Crippen molar-refractivity contribution in [1.82, 2.24) is 5.32 Å². The highest BCUT2D eigenvalue weighted by atomic mass is 32.1. The molecule has 144 valence electrons. The number of hydrogen-bond donors (Lipinski definition) is 3. The van der Waals surface area contributed by atoms with Gasteiger partial charge in [0.25, 0.3) is 0 Å². The van der Waals surface area contributed by atoms with Crippen LogP contribution in [0.1, 0.15) is 23.2 Å². The Morgan fingerprint density at radius 1 is 0.690 bits per heavy atom. The monoisotopic (exact) mass is 397 g/mol. The number of rotatable bonds is 5. The Kier molecular flexibility index (Phi) is 5.84. The van der Waals surface area contributed by atoms with Crippen molar-refractivity contribution in [2.75, 3.05) is 5.32 Å². The van der Waals surface area contributed by atoms with Crippen LogP contribution in [0, 0.1) is 0 Å². The number of thiocarbonyl (C=S) groups is 1. The molecule has 4 aromatic rings. The number of nitrogens with two attached hydrogens (primary N) is 1. The lowest BCUT2D eigenvalue weighted by Crippen LogP contribution is -2.38. The number of nitrogens with one attached hydrogen (secondary N) is 2. The maximum Gasteiger partial charge on any atom is 0.171 e. The van der Waals surface area contributed by atoms with Gasteiger partial charge in [-0.05, 0) is 34.8 Å². The fourth-order valence-electron chi connectivity index (χ4n) is 3.54. The number of benzene rings is 4. The smallest absolute Gasteiger partial charge is 0.171 e. The van der Waals surface area contributed by atoms with Crippen molar-refractivity contribution < 1.29 is 0 Å². The molecule has 4 N–H and O–H groups in total. The molecule has 0 aliphatic rings. The lowest BCUT2D eigenvalue weighted by Gasteiger charge is -2.27. The van der Waals surface area contributed by atoms with E-state index >= 15 is 0 Å². The summed E-state index contributed by atoms with van der Waals surface area (Å²) in [5.41, 5.74) is 9.77. The van der Waals surface area contributed by atoms with Gasteiger partial charge in [-0.3, -0.25) is 0 Å². The Hall–Kier alpha value is -3.21. The van der Waals surface area contributed by atoms with Crippen LogP contribution in [0.25, 0.3) is 10.8 Å². The average molecular weight is 398 g/mol. The Bertz CT molecular complexity index is 1090. The Morgan fingerprint density at radius 3 is 2.00 bits per heavy atom. The molecular weight excluding hydrogens is 374 g/mol. The van der Waals surface area contributed by atoms with Crippen LogP contribution < -0.4 is 16.4 Å². The molecule has 0 amide bonds. The van der Waals surface area contributed by atoms with Crippen LogP contribution in [-0.2, 0) is 0 Å². The van der Waals surface area contributed by atoms with Gasteiger partial charge in [0.2, 0.25) is 0 Å². The van der Waals surface area contributed by atoms with Crippen molar-refractivity contribution in [2.24, 2.45) is 5.73 Å². The summed E-state index contributed by atoms with van der Waals surface area (Å²) in [7, 11) is 0. The first-order valence-electron chi connectivity index (χ1n) is 9.63. The van der Waals surface area contributed by atoms with E-state index in [-0.39, 0.29) is 12.1 Å². The van der Waals surface area contributed by atoms with E-state index in [1.807, 2.05) is 72.8 Å². The molecule has 29 heavy (non-hydrogen) atoms. The number of fused-ring (bicyclic) bond motifs is 1. The van der Waals surface area contributed by atoms with Gasteiger partial charge >= 0.3 is 0 Å². The van der Waals surface area contributed by atoms with Gasteiger partial charge in [0.1, 0.15) is 0 Å². The second-order valence-electron chi connectivity index (χ2n) is 6.95. The molecule has 0 aliphatic carbocycles. The summed E-state index contributed by atoms with van der Waals surface area (Å²) in [6.45, 7) is 0. The van der Waals surface area contributed by atoms with Crippen molar-refractivity contribution in [1.29, 1.82) is 0 Å². The van der Waals surface area contributed by atoms with Gasteiger partial charge in [-0.25, -0.2) is 0 Å². The van der Waals surface area contributed by atoms with Crippen molar-refractivity contribution in [3.05, 3.63) is 114 Å². The van der Waals surface area contributed by atoms with E-state index in [9.17, 15) is 0 Å². The van der Waals surface area contributed by atoms with Crippen LogP contribution in [0.2, 0.25) is 0 Å². The summed E-state index contributed by atoms with van der Waals surface area (Å²) >= 11 is 5.67. The zero-order valence-corrected chi connectivity index (χ0v) is 16.8. The molecule has 0 saturated carbocycles. The van der Waals surface area contributed by atoms with Gasteiger partial charge in [-0.1, -0.05) is 97.1 Å². The zero-order valence-electron chi connectivity index (χ0n) is 16.0. The largest absolute Gasteiger partial charge is 0.354 e. The molecule has 0 spiro atoms. The molecule has 3 nitrogen and oxygen atoms in total. The molecule has 0 saturated heterocycles. The van der Waals surface area contributed by atoms with Crippen molar-refractivity contribution in [2.45, 2.75) is 12.1 Å². The van der Waals surface area contributed by atoms with Crippen molar-refractivity contribution in [3.8, 4) is 0 Å². The zero-order chi connectivity index (χ0) is 20.1. The van der Waals surface area contributed by atoms with Crippen LogP contribution in [0.4, 0.5) is 5.69 Å². The molecule has 4 rings (SSSR count). The summed E-state index contributed by atoms with van der Waals surface area (Å²) in [6.07, 6.45) is 0. The second-order valence-corrected chi connectivity index (χ2v) is 7.36. The van der Waals surface area contributed by atoms with Crippen LogP contribution in [0.15, 0.2) is 103 Å². The van der Waals surface area contributed by atoms with Crippen LogP contribution in [0.3, 0.4) is 0 Å². The maximum atomic E-state index is 6.65. The van der Waals surface area contributed by atoms with E-state index in [2.05, 4.69) is 41.0 Å². The molecule has 2 atom stereocenters. The second kappa shape index (κ2) is 8.86. The first-order valence-corrected chi connectivity index (χ1v) is 10.0. The quantitative estimate of drug-likeness (QED) is 0.386. The molecule has 0 aromatic heterocycles. The lowest BCUT2D eigenvalue weighted by molar-refractivity contribution is 0.527. The minimum Gasteiger partial charge on any atom is -0.354 e. The van der Waals surface area contributed by atoms with Crippen LogP contribution >= 0.6 is 12.2 Å². The molecule has 0 bridgehead atoms. The summed E-state index contributed by atoms with van der Waals surface area (Å²) in [4.78, 5) is 0. The van der Waals surface area contributed by atoms with E-state index < -0.39 is 0 Å². The predicted molar refractivity (Wildman–Crippen MR) is 126 cm³/mol. The molecule has 4 aromatic carbocycles. The summed E-state index contributed by atoms with van der Waals surface area (Å²) in [5.74, 6) is 0. The third-order valence-electron chi connectivity index (χ3n) is 5.03. The lowest BCUT2D eigenvalue weighted by atomic mass is 9.94. The highest BCUT2D eigenvalue weighted by molar-refractivity contribution is 7.80. The maximum absolute atomic E-state index is 6.65. The number of hydrogen-bond acceptors (Lipinski definition) is 2. The van der Waals surface area contributed by atoms with E-state index in [0.717, 1.165) is 22.2 Å². The van der Waals surface area contributed by atoms with Crippen LogP contribution in [0.5, 0.6) is 0 Å². The normalized spacial score (nSPS) is 12.9. The SMILES string of the molecule is N[C@H](c1ccccc1)[C@H](NC(=S)Nc1cccc2ccccc12)c1ccccc1. The third-order valence-corrected chi connectivity index (χ3v) is 5.25. The van der Waals surface area contributed by atoms with Gasteiger partial charge in [-0.15, -0.1) is 0 Å². The minimum atomic E-state index is -0.245. The Balaban J connectivity index is 1.59. The highest BCUT2D eigenvalue weighted by Crippen LogP contribution is 2.28. The first kappa shape index (κ1) is 19.1. The molecule has 0 fully saturated rings. The topological polar surface area (TPSA) is 50.1 Å². The fraction of sp³-hybridized carbons (Fsp3) is 0.0800. The summed E-state index contributed by atoms with van der Waals surface area (Å²) < 4.78 is 0. The van der Waals surface area contributed by atoms with Gasteiger partial charge < -0.3 is 16.4 Å². The fourth-order valence-corrected chi connectivity index (χ4v) is 3.78. The van der Waals surface area contributed by atoms with E-state index in [4.69, 9.17) is 18.0 Å². The summed E-state index contributed by atoms with van der Waals surface area (Å²) in [5, 5.41) is 9.63. The van der Waals surface area contributed by atoms with Crippen LogP contribution in [-0.4, -0.2) is 5.11 Å². The highest BCUT2D eigenvalue weighted by Gasteiger charge is 2.22. The number of anilines is 1. The standard InChI is InChI=1S/C25H23N3S/c26-23(19-11-3-1-4-12-19)24(20-13-5-2-6-14-20)28-25(29)27-22-17-9-15-18-10-7-8-16-21(18)22/h1-17,23-24H,26H2,(H2,27,28,29)/t23-,24-/m1/s1. The van der Waals surface area contributed by atoms with E-state index in [0.29, 0.717) is 5.11 Å². The van der Waals surface area contributed by atoms with E-state index in [1.165, 1.54) is 5.39 Å². The Labute approximate surface area is 176 Å². The molecule has 0 radical (unpaired) electrons.